The maximum atomic E-state index is 5.69. The van der Waals surface area contributed by atoms with Gasteiger partial charge in [0.15, 0.2) is 0 Å². The Morgan fingerprint density at radius 2 is 2.29 bits per heavy atom. The summed E-state index contributed by atoms with van der Waals surface area (Å²) in [6.07, 6.45) is 5.64. The van der Waals surface area contributed by atoms with Gasteiger partial charge in [0, 0.05) is 16.7 Å². The average molecular weight is 257 g/mol. The van der Waals surface area contributed by atoms with E-state index in [0.717, 1.165) is 29.7 Å². The highest BCUT2D eigenvalue weighted by molar-refractivity contribution is 9.10. The molecule has 0 saturated heterocycles. The van der Waals surface area contributed by atoms with Crippen molar-refractivity contribution in [1.82, 2.24) is 4.98 Å². The first-order chi connectivity index (χ1) is 6.74. The van der Waals surface area contributed by atoms with Crippen LogP contribution in [0.3, 0.4) is 0 Å². The molecule has 1 aromatic rings. The molecule has 0 radical (unpaired) electrons. The molecule has 0 aliphatic heterocycles. The maximum absolute atomic E-state index is 5.69. The summed E-state index contributed by atoms with van der Waals surface area (Å²) < 4.78 is 6.54. The molecule has 1 heterocycles. The van der Waals surface area contributed by atoms with Gasteiger partial charge in [0.05, 0.1) is 12.8 Å². The molecular formula is C10H13BrN2O. The normalized spacial score (nSPS) is 25.6. The maximum Gasteiger partial charge on any atom is 0.138 e. The van der Waals surface area contributed by atoms with Gasteiger partial charge >= 0.3 is 0 Å². The Kier molecular flexibility index (Phi) is 3.03. The van der Waals surface area contributed by atoms with Crippen molar-refractivity contribution in [1.29, 1.82) is 0 Å². The number of halogens is 1. The molecule has 3 nitrogen and oxygen atoms in total. The van der Waals surface area contributed by atoms with Gasteiger partial charge < -0.3 is 10.5 Å². The predicted octanol–water partition coefficient (Wildman–Crippen LogP) is 1.96. The van der Waals surface area contributed by atoms with Gasteiger partial charge in [-0.2, -0.15) is 0 Å². The number of nitrogens with two attached hydrogens (primary N) is 1. The molecule has 4 heteroatoms. The highest BCUT2D eigenvalue weighted by Crippen LogP contribution is 2.26. The lowest BCUT2D eigenvalue weighted by Crippen LogP contribution is -2.39. The second kappa shape index (κ2) is 4.28. The molecule has 1 aromatic heterocycles. The summed E-state index contributed by atoms with van der Waals surface area (Å²) in [4.78, 5) is 4.02. The van der Waals surface area contributed by atoms with Crippen LogP contribution in [-0.4, -0.2) is 17.6 Å². The largest absolute Gasteiger partial charge is 0.492 e. The van der Waals surface area contributed by atoms with Gasteiger partial charge in [0.25, 0.3) is 0 Å². The molecule has 0 bridgehead atoms. The van der Waals surface area contributed by atoms with Crippen molar-refractivity contribution in [2.45, 2.75) is 18.9 Å². The summed E-state index contributed by atoms with van der Waals surface area (Å²) in [5.74, 6) is 1.45. The van der Waals surface area contributed by atoms with E-state index in [-0.39, 0.29) is 0 Å². The van der Waals surface area contributed by atoms with Crippen LogP contribution in [0.15, 0.2) is 22.9 Å². The highest BCUT2D eigenvalue weighted by atomic mass is 79.9. The van der Waals surface area contributed by atoms with E-state index in [4.69, 9.17) is 10.5 Å². The van der Waals surface area contributed by atoms with Crippen molar-refractivity contribution < 1.29 is 4.74 Å². The van der Waals surface area contributed by atoms with Crippen LogP contribution >= 0.6 is 15.9 Å². The van der Waals surface area contributed by atoms with Crippen molar-refractivity contribution in [2.75, 3.05) is 6.61 Å². The van der Waals surface area contributed by atoms with Crippen LogP contribution in [0.2, 0.25) is 0 Å². The first kappa shape index (κ1) is 9.93. The first-order valence-electron chi connectivity index (χ1n) is 4.73. The zero-order valence-corrected chi connectivity index (χ0v) is 9.40. The number of pyridine rings is 1. The van der Waals surface area contributed by atoms with Crippen LogP contribution in [0.1, 0.15) is 12.8 Å². The van der Waals surface area contributed by atoms with Crippen LogP contribution in [0.4, 0.5) is 0 Å². The number of hydrogen-bond acceptors (Lipinski definition) is 3. The Hall–Kier alpha value is -0.610. The van der Waals surface area contributed by atoms with E-state index in [0.29, 0.717) is 12.0 Å². The fraction of sp³-hybridized carbons (Fsp3) is 0.500. The quantitative estimate of drug-likeness (QED) is 0.900. The van der Waals surface area contributed by atoms with Crippen molar-refractivity contribution in [3.05, 3.63) is 22.9 Å². The Morgan fingerprint density at radius 3 is 2.93 bits per heavy atom. The van der Waals surface area contributed by atoms with Crippen molar-refractivity contribution >= 4 is 15.9 Å². The molecule has 0 amide bonds. The summed E-state index contributed by atoms with van der Waals surface area (Å²) in [7, 11) is 0. The smallest absolute Gasteiger partial charge is 0.138 e. The van der Waals surface area contributed by atoms with Crippen LogP contribution in [0, 0.1) is 5.92 Å². The van der Waals surface area contributed by atoms with Gasteiger partial charge in [-0.3, -0.25) is 4.98 Å². The fourth-order valence-electron chi connectivity index (χ4n) is 1.61. The lowest BCUT2D eigenvalue weighted by Gasteiger charge is -2.31. The van der Waals surface area contributed by atoms with Gasteiger partial charge in [0.2, 0.25) is 0 Å². The van der Waals surface area contributed by atoms with E-state index < -0.39 is 0 Å². The summed E-state index contributed by atoms with van der Waals surface area (Å²) in [6, 6.07) is 2.32. The summed E-state index contributed by atoms with van der Waals surface area (Å²) in [6.45, 7) is 0.756. The van der Waals surface area contributed by atoms with E-state index in [1.54, 1.807) is 12.4 Å². The molecule has 1 saturated carbocycles. The summed E-state index contributed by atoms with van der Waals surface area (Å²) in [5.41, 5.74) is 5.69. The summed E-state index contributed by atoms with van der Waals surface area (Å²) in [5, 5.41) is 0. The lowest BCUT2D eigenvalue weighted by molar-refractivity contribution is 0.159. The predicted molar refractivity (Wildman–Crippen MR) is 58.1 cm³/mol. The first-order valence-corrected chi connectivity index (χ1v) is 5.52. The number of nitrogens with zero attached hydrogens (tertiary/aromatic N) is 1. The van der Waals surface area contributed by atoms with E-state index in [9.17, 15) is 0 Å². The number of ether oxygens (including phenoxy) is 1. The zero-order chi connectivity index (χ0) is 9.97. The van der Waals surface area contributed by atoms with Crippen LogP contribution in [-0.2, 0) is 0 Å². The van der Waals surface area contributed by atoms with Gasteiger partial charge in [-0.15, -0.1) is 0 Å². The average Bonchev–Trinajstić information content (AvgIpc) is 2.11. The third-order valence-electron chi connectivity index (χ3n) is 2.44. The molecule has 2 rings (SSSR count). The van der Waals surface area contributed by atoms with E-state index in [1.807, 2.05) is 6.07 Å². The van der Waals surface area contributed by atoms with Gasteiger partial charge in [0.1, 0.15) is 5.75 Å². The topological polar surface area (TPSA) is 48.1 Å². The molecule has 0 aromatic carbocycles. The van der Waals surface area contributed by atoms with Crippen molar-refractivity contribution in [2.24, 2.45) is 11.7 Å². The molecule has 76 valence electrons. The fourth-order valence-corrected chi connectivity index (χ4v) is 1.95. The number of hydrogen-bond donors (Lipinski definition) is 1. The minimum Gasteiger partial charge on any atom is -0.492 e. The Bertz CT molecular complexity index is 313. The van der Waals surface area contributed by atoms with E-state index >= 15 is 0 Å². The van der Waals surface area contributed by atoms with Gasteiger partial charge in [-0.25, -0.2) is 0 Å². The molecule has 2 N–H and O–H groups in total. The minimum absolute atomic E-state index is 0.393. The van der Waals surface area contributed by atoms with Crippen LogP contribution in [0.25, 0.3) is 0 Å². The Labute approximate surface area is 91.8 Å². The monoisotopic (exact) mass is 256 g/mol. The van der Waals surface area contributed by atoms with Crippen molar-refractivity contribution in [3.63, 3.8) is 0 Å². The lowest BCUT2D eigenvalue weighted by atomic mass is 9.82. The molecule has 0 spiro atoms. The van der Waals surface area contributed by atoms with Gasteiger partial charge in [-0.1, -0.05) is 0 Å². The molecule has 1 aliphatic carbocycles. The highest BCUT2D eigenvalue weighted by Gasteiger charge is 2.26. The number of aromatic nitrogens is 1. The molecule has 14 heavy (non-hydrogen) atoms. The summed E-state index contributed by atoms with van der Waals surface area (Å²) >= 11 is 3.35. The van der Waals surface area contributed by atoms with Gasteiger partial charge in [-0.05, 0) is 40.8 Å². The zero-order valence-electron chi connectivity index (χ0n) is 7.82. The second-order valence-corrected chi connectivity index (χ2v) is 4.66. The molecule has 0 atom stereocenters. The Morgan fingerprint density at radius 1 is 1.50 bits per heavy atom. The van der Waals surface area contributed by atoms with Crippen LogP contribution < -0.4 is 10.5 Å². The second-order valence-electron chi connectivity index (χ2n) is 3.75. The van der Waals surface area contributed by atoms with E-state index in [1.165, 1.54) is 0 Å². The third kappa shape index (κ3) is 2.45. The minimum atomic E-state index is 0.393. The van der Waals surface area contributed by atoms with E-state index in [2.05, 4.69) is 20.9 Å². The molecule has 1 aliphatic rings. The Balaban J connectivity index is 1.80. The van der Waals surface area contributed by atoms with Crippen LogP contribution in [0.5, 0.6) is 5.75 Å². The molecular weight excluding hydrogens is 244 g/mol. The molecule has 0 unspecified atom stereocenters. The third-order valence-corrected chi connectivity index (χ3v) is 2.87. The van der Waals surface area contributed by atoms with Crippen molar-refractivity contribution in [3.8, 4) is 5.75 Å². The number of rotatable bonds is 3. The SMILES string of the molecule is NC1CC(COc2cncc(Br)c2)C1. The standard InChI is InChI=1S/C10H13BrN2O/c11-8-3-10(5-13-4-8)14-6-7-1-9(12)2-7/h3-5,7,9H,1-2,6,12H2. The molecule has 1 fully saturated rings.